The highest BCUT2D eigenvalue weighted by Crippen LogP contribution is 2.51. The lowest BCUT2D eigenvalue weighted by Crippen LogP contribution is -2.40. The van der Waals surface area contributed by atoms with Crippen LogP contribution >= 0.6 is 23.5 Å². The molecule has 0 spiro atoms. The van der Waals surface area contributed by atoms with Crippen molar-refractivity contribution in [1.29, 1.82) is 0 Å². The summed E-state index contributed by atoms with van der Waals surface area (Å²) in [4.78, 5) is 25.5. The van der Waals surface area contributed by atoms with Crippen LogP contribution in [0, 0.1) is 0 Å². The second kappa shape index (κ2) is 9.16. The van der Waals surface area contributed by atoms with E-state index < -0.39 is 0 Å². The Hall–Kier alpha value is -2.70. The highest BCUT2D eigenvalue weighted by Gasteiger charge is 2.42. The van der Waals surface area contributed by atoms with Crippen LogP contribution in [0.15, 0.2) is 86.6 Å². The van der Waals surface area contributed by atoms with E-state index in [9.17, 15) is 4.79 Å². The Balaban J connectivity index is 1.46. The lowest BCUT2D eigenvalue weighted by atomic mass is 9.94. The average molecular weight is 486 g/mol. The van der Waals surface area contributed by atoms with Gasteiger partial charge in [0.05, 0.1) is 11.4 Å². The Labute approximate surface area is 209 Å². The Morgan fingerprint density at radius 3 is 2.53 bits per heavy atom. The van der Waals surface area contributed by atoms with Crippen LogP contribution in [-0.2, 0) is 4.79 Å². The fraction of sp³-hybridized carbons (Fsp3) is 0.286. The largest absolute Gasteiger partial charge is 0.334 e. The SMILES string of the molecule is CCN1/C(=C2/SC(=Nc3cccc4ccccc34)N(C3CCCCC3)C2=O)Sc2ccccc21. The summed E-state index contributed by atoms with van der Waals surface area (Å²) in [6.45, 7) is 2.98. The maximum atomic E-state index is 14.0. The van der Waals surface area contributed by atoms with Crippen molar-refractivity contribution in [1.82, 2.24) is 4.90 Å². The molecule has 3 aromatic rings. The lowest BCUT2D eigenvalue weighted by Gasteiger charge is -2.30. The summed E-state index contributed by atoms with van der Waals surface area (Å²) < 4.78 is 0. The summed E-state index contributed by atoms with van der Waals surface area (Å²) in [7, 11) is 0. The zero-order valence-electron chi connectivity index (χ0n) is 19.2. The summed E-state index contributed by atoms with van der Waals surface area (Å²) in [6.07, 6.45) is 5.70. The number of fused-ring (bicyclic) bond motifs is 2. The molecule has 172 valence electrons. The number of thioether (sulfide) groups is 2. The van der Waals surface area contributed by atoms with Gasteiger partial charge in [-0.1, -0.05) is 79.6 Å². The molecule has 1 saturated heterocycles. The Morgan fingerprint density at radius 1 is 0.912 bits per heavy atom. The molecule has 4 nitrogen and oxygen atoms in total. The fourth-order valence-corrected chi connectivity index (χ4v) is 7.63. The summed E-state index contributed by atoms with van der Waals surface area (Å²) in [5, 5.41) is 4.15. The molecule has 0 radical (unpaired) electrons. The van der Waals surface area contributed by atoms with Crippen LogP contribution in [0.25, 0.3) is 10.8 Å². The summed E-state index contributed by atoms with van der Waals surface area (Å²) in [5.74, 6) is 0.115. The maximum absolute atomic E-state index is 14.0. The molecular formula is C28H27N3OS2. The number of carbonyl (C=O) groups is 1. The van der Waals surface area contributed by atoms with Crippen molar-refractivity contribution >= 4 is 56.7 Å². The topological polar surface area (TPSA) is 35.9 Å². The van der Waals surface area contributed by atoms with E-state index in [1.807, 2.05) is 4.90 Å². The minimum absolute atomic E-state index is 0.115. The lowest BCUT2D eigenvalue weighted by molar-refractivity contribution is -0.124. The molecule has 6 rings (SSSR count). The molecule has 6 heteroatoms. The molecule has 1 aliphatic carbocycles. The van der Waals surface area contributed by atoms with E-state index in [0.29, 0.717) is 0 Å². The zero-order valence-corrected chi connectivity index (χ0v) is 20.9. The molecule has 1 amide bonds. The highest BCUT2D eigenvalue weighted by molar-refractivity contribution is 8.19. The number of rotatable bonds is 3. The standard InChI is InChI=1S/C28H27N3OS2/c1-2-30-23-17-8-9-18-24(23)33-27(30)25-26(32)31(20-13-4-3-5-14-20)28(34-25)29-22-16-10-12-19-11-6-7-15-21(19)22/h6-12,15-18,20H,2-5,13-14H2,1H3/b27-25-,29-28?. The second-order valence-electron chi connectivity index (χ2n) is 8.91. The third-order valence-electron chi connectivity index (χ3n) is 6.85. The monoisotopic (exact) mass is 485 g/mol. The van der Waals surface area contributed by atoms with Crippen molar-refractivity contribution in [3.63, 3.8) is 0 Å². The molecule has 2 aliphatic heterocycles. The normalized spacial score (nSPS) is 22.3. The van der Waals surface area contributed by atoms with Gasteiger partial charge in [-0.15, -0.1) is 0 Å². The predicted octanol–water partition coefficient (Wildman–Crippen LogP) is 7.54. The number of benzene rings is 3. The number of nitrogens with zero attached hydrogens (tertiary/aromatic N) is 3. The van der Waals surface area contributed by atoms with E-state index in [0.717, 1.165) is 45.6 Å². The zero-order chi connectivity index (χ0) is 23.1. The van der Waals surface area contributed by atoms with Gasteiger partial charge in [-0.25, -0.2) is 4.99 Å². The van der Waals surface area contributed by atoms with E-state index in [4.69, 9.17) is 4.99 Å². The van der Waals surface area contributed by atoms with Gasteiger partial charge in [-0.2, -0.15) is 0 Å². The Morgan fingerprint density at radius 2 is 1.68 bits per heavy atom. The van der Waals surface area contributed by atoms with Gasteiger partial charge >= 0.3 is 0 Å². The van der Waals surface area contributed by atoms with Crippen molar-refractivity contribution in [2.75, 3.05) is 11.4 Å². The number of anilines is 1. The maximum Gasteiger partial charge on any atom is 0.269 e. The smallest absolute Gasteiger partial charge is 0.269 e. The molecule has 0 unspecified atom stereocenters. The quantitative estimate of drug-likeness (QED) is 0.359. The van der Waals surface area contributed by atoms with Crippen molar-refractivity contribution in [3.8, 4) is 0 Å². The van der Waals surface area contributed by atoms with Crippen LogP contribution in [-0.4, -0.2) is 28.6 Å². The molecule has 0 N–H and O–H groups in total. The Bertz CT molecular complexity index is 1320. The molecule has 2 heterocycles. The van der Waals surface area contributed by atoms with Crippen LogP contribution in [0.5, 0.6) is 0 Å². The van der Waals surface area contributed by atoms with Gasteiger partial charge < -0.3 is 4.90 Å². The van der Waals surface area contributed by atoms with Gasteiger partial charge in [-0.3, -0.25) is 9.69 Å². The first kappa shape index (κ1) is 21.8. The Kier molecular flexibility index (Phi) is 5.87. The minimum Gasteiger partial charge on any atom is -0.334 e. The number of para-hydroxylation sites is 1. The van der Waals surface area contributed by atoms with Gasteiger partial charge in [-0.05, 0) is 55.1 Å². The predicted molar refractivity (Wildman–Crippen MR) is 145 cm³/mol. The molecule has 1 saturated carbocycles. The van der Waals surface area contributed by atoms with Crippen LogP contribution in [0.2, 0.25) is 0 Å². The van der Waals surface area contributed by atoms with Gasteiger partial charge in [0.25, 0.3) is 5.91 Å². The van der Waals surface area contributed by atoms with Gasteiger partial charge in [0.1, 0.15) is 9.93 Å². The van der Waals surface area contributed by atoms with Gasteiger partial charge in [0, 0.05) is 22.9 Å². The summed E-state index contributed by atoms with van der Waals surface area (Å²) >= 11 is 3.27. The molecule has 0 aromatic heterocycles. The molecular weight excluding hydrogens is 458 g/mol. The molecule has 0 atom stereocenters. The van der Waals surface area contributed by atoms with Crippen molar-refractivity contribution < 1.29 is 4.79 Å². The number of aliphatic imine (C=N–C) groups is 1. The van der Waals surface area contributed by atoms with E-state index in [1.54, 1.807) is 23.5 Å². The number of hydrogen-bond acceptors (Lipinski definition) is 5. The molecule has 34 heavy (non-hydrogen) atoms. The summed E-state index contributed by atoms with van der Waals surface area (Å²) in [5.41, 5.74) is 2.12. The van der Waals surface area contributed by atoms with Crippen molar-refractivity contribution in [2.24, 2.45) is 4.99 Å². The highest BCUT2D eigenvalue weighted by atomic mass is 32.2. The van der Waals surface area contributed by atoms with Gasteiger partial charge in [0.2, 0.25) is 0 Å². The van der Waals surface area contributed by atoms with Crippen LogP contribution < -0.4 is 4.90 Å². The van der Waals surface area contributed by atoms with E-state index in [2.05, 4.69) is 78.6 Å². The second-order valence-corrected chi connectivity index (χ2v) is 10.9. The fourth-order valence-electron chi connectivity index (χ4n) is 5.18. The third kappa shape index (κ3) is 3.73. The number of amidine groups is 1. The van der Waals surface area contributed by atoms with Crippen LogP contribution in [0.1, 0.15) is 39.0 Å². The van der Waals surface area contributed by atoms with Crippen LogP contribution in [0.3, 0.4) is 0 Å². The van der Waals surface area contributed by atoms with Crippen molar-refractivity contribution in [2.45, 2.75) is 50.0 Å². The average Bonchev–Trinajstić information content (AvgIpc) is 3.41. The first-order valence-corrected chi connectivity index (χ1v) is 13.7. The summed E-state index contributed by atoms with van der Waals surface area (Å²) in [6, 6.07) is 23.2. The van der Waals surface area contributed by atoms with Crippen molar-refractivity contribution in [3.05, 3.63) is 76.7 Å². The molecule has 3 aliphatic rings. The molecule has 3 aromatic carbocycles. The first-order chi connectivity index (χ1) is 16.7. The van der Waals surface area contributed by atoms with E-state index in [1.165, 1.54) is 35.2 Å². The van der Waals surface area contributed by atoms with Crippen LogP contribution in [0.4, 0.5) is 11.4 Å². The first-order valence-electron chi connectivity index (χ1n) is 12.1. The number of carbonyl (C=O) groups excluding carboxylic acids is 1. The number of amides is 1. The minimum atomic E-state index is 0.115. The molecule has 2 fully saturated rings. The molecule has 0 bridgehead atoms. The van der Waals surface area contributed by atoms with E-state index in [-0.39, 0.29) is 11.9 Å². The third-order valence-corrected chi connectivity index (χ3v) is 9.21. The number of hydrogen-bond donors (Lipinski definition) is 0. The van der Waals surface area contributed by atoms with Gasteiger partial charge in [0.15, 0.2) is 5.17 Å². The van der Waals surface area contributed by atoms with E-state index >= 15 is 0 Å².